The van der Waals surface area contributed by atoms with E-state index in [1.807, 2.05) is 19.9 Å². The second-order valence-electron chi connectivity index (χ2n) is 4.05. The molecule has 0 bridgehead atoms. The van der Waals surface area contributed by atoms with Crippen LogP contribution in [0.2, 0.25) is 0 Å². The molecular formula is C14H14O3S. The van der Waals surface area contributed by atoms with Crippen molar-refractivity contribution in [2.45, 2.75) is 18.7 Å². The maximum atomic E-state index is 12.0. The minimum Gasteiger partial charge on any atom is -0.379 e. The fraction of sp³-hybridized carbons (Fsp3) is 0.143. The van der Waals surface area contributed by atoms with E-state index in [1.54, 1.807) is 30.3 Å². The maximum Gasteiger partial charge on any atom is 0.339 e. The Labute approximate surface area is 107 Å². The van der Waals surface area contributed by atoms with Crippen LogP contribution in [0.4, 0.5) is 0 Å². The molecule has 2 rings (SSSR count). The van der Waals surface area contributed by atoms with Gasteiger partial charge in [0.1, 0.15) is 10.6 Å². The molecule has 0 amide bonds. The Hall–Kier alpha value is -1.81. The Morgan fingerprint density at radius 3 is 2.22 bits per heavy atom. The fourth-order valence-corrected chi connectivity index (χ4v) is 2.57. The summed E-state index contributed by atoms with van der Waals surface area (Å²) in [6.45, 7) is 3.75. The third kappa shape index (κ3) is 2.54. The molecule has 0 unspecified atom stereocenters. The van der Waals surface area contributed by atoms with E-state index in [0.717, 1.165) is 11.1 Å². The van der Waals surface area contributed by atoms with Gasteiger partial charge in [-0.2, -0.15) is 8.42 Å². The van der Waals surface area contributed by atoms with Crippen LogP contribution in [0.5, 0.6) is 5.75 Å². The van der Waals surface area contributed by atoms with Crippen molar-refractivity contribution in [3.63, 3.8) is 0 Å². The first-order valence-corrected chi connectivity index (χ1v) is 6.97. The van der Waals surface area contributed by atoms with Gasteiger partial charge in [0.25, 0.3) is 0 Å². The number of aryl methyl sites for hydroxylation is 1. The van der Waals surface area contributed by atoms with Crippen LogP contribution in [0, 0.1) is 13.8 Å². The number of hydrogen-bond donors (Lipinski definition) is 0. The van der Waals surface area contributed by atoms with Crippen molar-refractivity contribution in [1.29, 1.82) is 0 Å². The zero-order chi connectivity index (χ0) is 13.2. The highest BCUT2D eigenvalue weighted by atomic mass is 32.2. The van der Waals surface area contributed by atoms with Gasteiger partial charge in [-0.15, -0.1) is 0 Å². The van der Waals surface area contributed by atoms with Crippen LogP contribution in [-0.2, 0) is 10.1 Å². The zero-order valence-electron chi connectivity index (χ0n) is 10.3. The van der Waals surface area contributed by atoms with Crippen molar-refractivity contribution in [1.82, 2.24) is 0 Å². The van der Waals surface area contributed by atoms with Crippen molar-refractivity contribution in [3.05, 3.63) is 59.7 Å². The smallest absolute Gasteiger partial charge is 0.339 e. The fourth-order valence-electron chi connectivity index (χ4n) is 1.57. The molecule has 0 fully saturated rings. The van der Waals surface area contributed by atoms with Crippen LogP contribution < -0.4 is 4.18 Å². The Morgan fingerprint density at radius 1 is 0.889 bits per heavy atom. The van der Waals surface area contributed by atoms with E-state index in [9.17, 15) is 8.42 Å². The summed E-state index contributed by atoms with van der Waals surface area (Å²) in [5, 5.41) is 0. The van der Waals surface area contributed by atoms with E-state index in [1.165, 1.54) is 12.1 Å². The molecule has 0 spiro atoms. The Bertz CT molecular complexity index is 646. The number of benzene rings is 2. The van der Waals surface area contributed by atoms with Crippen molar-refractivity contribution in [3.8, 4) is 5.75 Å². The van der Waals surface area contributed by atoms with Gasteiger partial charge in [0.15, 0.2) is 0 Å². The van der Waals surface area contributed by atoms with Gasteiger partial charge in [-0.1, -0.05) is 30.3 Å². The van der Waals surface area contributed by atoms with Crippen LogP contribution in [0.1, 0.15) is 11.1 Å². The molecule has 0 aromatic heterocycles. The molecule has 94 valence electrons. The van der Waals surface area contributed by atoms with Crippen LogP contribution in [0.25, 0.3) is 0 Å². The monoisotopic (exact) mass is 262 g/mol. The number of rotatable bonds is 3. The van der Waals surface area contributed by atoms with Crippen LogP contribution in [-0.4, -0.2) is 8.42 Å². The standard InChI is InChI=1S/C14H14O3S/c1-11-7-6-10-14(12(11)2)17-18(15,16)13-8-4-3-5-9-13/h3-10H,1-2H3. The summed E-state index contributed by atoms with van der Waals surface area (Å²) >= 11 is 0. The molecule has 0 saturated heterocycles. The first kappa shape index (κ1) is 12.6. The van der Waals surface area contributed by atoms with E-state index < -0.39 is 10.1 Å². The lowest BCUT2D eigenvalue weighted by molar-refractivity contribution is 0.484. The van der Waals surface area contributed by atoms with Gasteiger partial charge in [-0.05, 0) is 43.2 Å². The van der Waals surface area contributed by atoms with Crippen LogP contribution in [0.3, 0.4) is 0 Å². The average molecular weight is 262 g/mol. The van der Waals surface area contributed by atoms with E-state index >= 15 is 0 Å². The lowest BCUT2D eigenvalue weighted by atomic mass is 10.1. The first-order chi connectivity index (χ1) is 8.50. The summed E-state index contributed by atoms with van der Waals surface area (Å²) in [7, 11) is -3.75. The van der Waals surface area contributed by atoms with E-state index in [2.05, 4.69) is 0 Å². The van der Waals surface area contributed by atoms with Crippen LogP contribution in [0.15, 0.2) is 53.4 Å². The minimum absolute atomic E-state index is 0.158. The third-order valence-corrected chi connectivity index (χ3v) is 4.03. The second-order valence-corrected chi connectivity index (χ2v) is 5.59. The predicted octanol–water partition coefficient (Wildman–Crippen LogP) is 3.07. The highest BCUT2D eigenvalue weighted by Gasteiger charge is 2.17. The van der Waals surface area contributed by atoms with Gasteiger partial charge in [0, 0.05) is 0 Å². The molecule has 0 radical (unpaired) electrons. The minimum atomic E-state index is -3.75. The normalized spacial score (nSPS) is 11.2. The van der Waals surface area contributed by atoms with E-state index in [4.69, 9.17) is 4.18 Å². The average Bonchev–Trinajstić information content (AvgIpc) is 2.36. The molecule has 0 heterocycles. The maximum absolute atomic E-state index is 12.0. The molecule has 2 aromatic rings. The topological polar surface area (TPSA) is 43.4 Å². The zero-order valence-corrected chi connectivity index (χ0v) is 11.1. The predicted molar refractivity (Wildman–Crippen MR) is 70.2 cm³/mol. The molecule has 18 heavy (non-hydrogen) atoms. The second kappa shape index (κ2) is 4.82. The van der Waals surface area contributed by atoms with Gasteiger partial charge >= 0.3 is 10.1 Å². The van der Waals surface area contributed by atoms with E-state index in [0.29, 0.717) is 5.75 Å². The third-order valence-electron chi connectivity index (χ3n) is 2.79. The lowest BCUT2D eigenvalue weighted by Gasteiger charge is -2.10. The van der Waals surface area contributed by atoms with Crippen LogP contribution >= 0.6 is 0 Å². The molecule has 2 aromatic carbocycles. The van der Waals surface area contributed by atoms with Gasteiger partial charge in [0.05, 0.1) is 0 Å². The lowest BCUT2D eigenvalue weighted by Crippen LogP contribution is -2.10. The summed E-state index contributed by atoms with van der Waals surface area (Å²) in [6, 6.07) is 13.5. The number of hydrogen-bond acceptors (Lipinski definition) is 3. The summed E-state index contributed by atoms with van der Waals surface area (Å²) in [6.07, 6.45) is 0. The van der Waals surface area contributed by atoms with Gasteiger partial charge in [0.2, 0.25) is 0 Å². The van der Waals surface area contributed by atoms with Gasteiger partial charge in [-0.25, -0.2) is 0 Å². The molecular weight excluding hydrogens is 248 g/mol. The summed E-state index contributed by atoms with van der Waals surface area (Å²) < 4.78 is 29.3. The summed E-state index contributed by atoms with van der Waals surface area (Å²) in [5.74, 6) is 0.374. The van der Waals surface area contributed by atoms with Crippen molar-refractivity contribution in [2.75, 3.05) is 0 Å². The molecule has 0 aliphatic rings. The Balaban J connectivity index is 2.37. The van der Waals surface area contributed by atoms with Gasteiger partial charge < -0.3 is 4.18 Å². The van der Waals surface area contributed by atoms with Crippen molar-refractivity contribution in [2.24, 2.45) is 0 Å². The van der Waals surface area contributed by atoms with Crippen molar-refractivity contribution >= 4 is 10.1 Å². The molecule has 0 atom stereocenters. The van der Waals surface area contributed by atoms with E-state index in [-0.39, 0.29) is 4.90 Å². The first-order valence-electron chi connectivity index (χ1n) is 5.56. The highest BCUT2D eigenvalue weighted by molar-refractivity contribution is 7.87. The molecule has 4 heteroatoms. The quantitative estimate of drug-likeness (QED) is 0.798. The van der Waals surface area contributed by atoms with Crippen molar-refractivity contribution < 1.29 is 12.6 Å². The summed E-state index contributed by atoms with van der Waals surface area (Å²) in [4.78, 5) is 0.158. The molecule has 0 aliphatic heterocycles. The molecule has 0 aliphatic carbocycles. The Kier molecular flexibility index (Phi) is 3.39. The molecule has 0 N–H and O–H groups in total. The SMILES string of the molecule is Cc1cccc(OS(=O)(=O)c2ccccc2)c1C. The molecule has 0 saturated carbocycles. The van der Waals surface area contributed by atoms with Gasteiger partial charge in [-0.3, -0.25) is 0 Å². The Morgan fingerprint density at radius 2 is 1.56 bits per heavy atom. The summed E-state index contributed by atoms with van der Waals surface area (Å²) in [5.41, 5.74) is 1.83. The largest absolute Gasteiger partial charge is 0.379 e. The molecule has 3 nitrogen and oxygen atoms in total. The highest BCUT2D eigenvalue weighted by Crippen LogP contribution is 2.24.